The highest BCUT2D eigenvalue weighted by molar-refractivity contribution is 5.24. The molecule has 2 rings (SSSR count). The molecule has 0 saturated heterocycles. The lowest BCUT2D eigenvalue weighted by atomic mass is 9.68. The molecule has 112 valence electrons. The van der Waals surface area contributed by atoms with Gasteiger partial charge in [0.05, 0.1) is 5.60 Å². The van der Waals surface area contributed by atoms with Crippen molar-refractivity contribution in [3.05, 3.63) is 35.4 Å². The summed E-state index contributed by atoms with van der Waals surface area (Å²) in [6.07, 6.45) is 1.88. The Balaban J connectivity index is 2.30. The predicted octanol–water partition coefficient (Wildman–Crippen LogP) is 3.98. The van der Waals surface area contributed by atoms with Crippen molar-refractivity contribution in [2.45, 2.75) is 51.2 Å². The van der Waals surface area contributed by atoms with Gasteiger partial charge in [0.15, 0.2) is 0 Å². The first-order valence-corrected chi connectivity index (χ1v) is 6.98. The van der Waals surface area contributed by atoms with E-state index in [4.69, 9.17) is 4.74 Å². The Kier molecular flexibility index (Phi) is 4.17. The number of halogens is 2. The van der Waals surface area contributed by atoms with Crippen LogP contribution in [-0.4, -0.2) is 17.8 Å². The summed E-state index contributed by atoms with van der Waals surface area (Å²) in [5.41, 5.74) is -0.654. The molecule has 0 aromatic heterocycles. The molecule has 0 bridgehead atoms. The lowest BCUT2D eigenvalue weighted by Gasteiger charge is -2.45. The molecule has 4 heteroatoms. The first-order valence-electron chi connectivity index (χ1n) is 6.98. The van der Waals surface area contributed by atoms with Gasteiger partial charge >= 0.3 is 0 Å². The van der Waals surface area contributed by atoms with Crippen molar-refractivity contribution in [1.82, 2.24) is 0 Å². The van der Waals surface area contributed by atoms with Crippen molar-refractivity contribution in [3.63, 3.8) is 0 Å². The van der Waals surface area contributed by atoms with Gasteiger partial charge in [-0.1, -0.05) is 13.8 Å². The van der Waals surface area contributed by atoms with E-state index >= 15 is 0 Å². The van der Waals surface area contributed by atoms with E-state index < -0.39 is 23.3 Å². The molecule has 20 heavy (non-hydrogen) atoms. The molecular weight excluding hydrogens is 262 g/mol. The van der Waals surface area contributed by atoms with Gasteiger partial charge in [-0.3, -0.25) is 0 Å². The Labute approximate surface area is 118 Å². The van der Waals surface area contributed by atoms with Gasteiger partial charge in [0.25, 0.3) is 0 Å². The van der Waals surface area contributed by atoms with Crippen molar-refractivity contribution in [2.24, 2.45) is 5.41 Å². The molecule has 1 unspecified atom stereocenters. The van der Waals surface area contributed by atoms with Gasteiger partial charge in [-0.05, 0) is 49.3 Å². The molecule has 1 aromatic carbocycles. The number of rotatable bonds is 3. The zero-order valence-corrected chi connectivity index (χ0v) is 12.2. The minimum absolute atomic E-state index is 0.0217. The van der Waals surface area contributed by atoms with Crippen LogP contribution >= 0.6 is 0 Å². The van der Waals surface area contributed by atoms with Crippen LogP contribution in [0.15, 0.2) is 18.2 Å². The summed E-state index contributed by atoms with van der Waals surface area (Å²) in [6.45, 7) is 4.34. The maximum absolute atomic E-state index is 13.9. The van der Waals surface area contributed by atoms with Crippen LogP contribution in [0.1, 0.15) is 51.2 Å². The van der Waals surface area contributed by atoms with Crippen molar-refractivity contribution in [3.8, 4) is 0 Å². The van der Waals surface area contributed by atoms with Gasteiger partial charge in [0.1, 0.15) is 17.7 Å². The maximum Gasteiger partial charge on any atom is 0.129 e. The smallest absolute Gasteiger partial charge is 0.129 e. The van der Waals surface area contributed by atoms with Crippen LogP contribution in [0.3, 0.4) is 0 Å². The van der Waals surface area contributed by atoms with Gasteiger partial charge in [0.2, 0.25) is 0 Å². The number of aliphatic hydroxyl groups excluding tert-OH is 1. The molecule has 1 saturated carbocycles. The standard InChI is InChI=1S/C16H22F2O2/c1-15(2)6-8-16(20-3,9-7-15)14(19)12-10-11(17)4-5-13(12)18/h4-5,10,14,19H,6-9H2,1-3H3. The summed E-state index contributed by atoms with van der Waals surface area (Å²) in [7, 11) is 1.53. The third-order valence-corrected chi connectivity index (χ3v) is 4.61. The second-order valence-corrected chi connectivity index (χ2v) is 6.50. The molecule has 0 radical (unpaired) electrons. The number of methoxy groups -OCH3 is 1. The molecular formula is C16H22F2O2. The highest BCUT2D eigenvalue weighted by Gasteiger charge is 2.45. The van der Waals surface area contributed by atoms with E-state index in [2.05, 4.69) is 13.8 Å². The Bertz CT molecular complexity index is 475. The molecule has 0 amide bonds. The van der Waals surface area contributed by atoms with Crippen LogP contribution in [-0.2, 0) is 4.74 Å². The fraction of sp³-hybridized carbons (Fsp3) is 0.625. The summed E-state index contributed by atoms with van der Waals surface area (Å²) < 4.78 is 32.7. The van der Waals surface area contributed by atoms with Crippen LogP contribution in [0.25, 0.3) is 0 Å². The molecule has 1 N–H and O–H groups in total. The first-order chi connectivity index (χ1) is 9.30. The van der Waals surface area contributed by atoms with Crippen molar-refractivity contribution in [2.75, 3.05) is 7.11 Å². The molecule has 1 aromatic rings. The van der Waals surface area contributed by atoms with Gasteiger partial charge in [-0.15, -0.1) is 0 Å². The fourth-order valence-electron chi connectivity index (χ4n) is 2.95. The Hall–Kier alpha value is -1.00. The number of hydrogen-bond donors (Lipinski definition) is 1. The third-order valence-electron chi connectivity index (χ3n) is 4.61. The number of ether oxygens (including phenoxy) is 1. The van der Waals surface area contributed by atoms with Crippen molar-refractivity contribution in [1.29, 1.82) is 0 Å². The molecule has 1 fully saturated rings. The molecule has 0 spiro atoms. The third kappa shape index (κ3) is 2.86. The lowest BCUT2D eigenvalue weighted by Crippen LogP contribution is -2.44. The monoisotopic (exact) mass is 284 g/mol. The molecule has 0 heterocycles. The van der Waals surface area contributed by atoms with Gasteiger partial charge in [0, 0.05) is 12.7 Å². The normalized spacial score (nSPS) is 22.5. The summed E-state index contributed by atoms with van der Waals surface area (Å²) in [6, 6.07) is 3.15. The highest BCUT2D eigenvalue weighted by Crippen LogP contribution is 2.47. The largest absolute Gasteiger partial charge is 0.385 e. The van der Waals surface area contributed by atoms with E-state index in [1.807, 2.05) is 0 Å². The fourth-order valence-corrected chi connectivity index (χ4v) is 2.95. The average molecular weight is 284 g/mol. The zero-order chi connectivity index (χ0) is 15.0. The maximum atomic E-state index is 13.9. The summed E-state index contributed by atoms with van der Waals surface area (Å²) >= 11 is 0. The quantitative estimate of drug-likeness (QED) is 0.909. The number of hydrogen-bond acceptors (Lipinski definition) is 2. The van der Waals surface area contributed by atoms with Crippen LogP contribution < -0.4 is 0 Å². The number of benzene rings is 1. The van der Waals surface area contributed by atoms with E-state index in [0.717, 1.165) is 31.0 Å². The van der Waals surface area contributed by atoms with Gasteiger partial charge in [-0.25, -0.2) is 8.78 Å². The SMILES string of the molecule is COC1(C(O)c2cc(F)ccc2F)CCC(C)(C)CC1. The second-order valence-electron chi connectivity index (χ2n) is 6.50. The second kappa shape index (κ2) is 5.41. The highest BCUT2D eigenvalue weighted by atomic mass is 19.1. The Morgan fingerprint density at radius 2 is 1.75 bits per heavy atom. The molecule has 1 aliphatic rings. The van der Waals surface area contributed by atoms with E-state index in [1.165, 1.54) is 7.11 Å². The summed E-state index contributed by atoms with van der Waals surface area (Å²) in [4.78, 5) is 0. The van der Waals surface area contributed by atoms with Crippen molar-refractivity contribution >= 4 is 0 Å². The lowest BCUT2D eigenvalue weighted by molar-refractivity contribution is -0.139. The first kappa shape index (κ1) is 15.4. The van der Waals surface area contributed by atoms with Gasteiger partial charge in [-0.2, -0.15) is 0 Å². The Morgan fingerprint density at radius 3 is 2.30 bits per heavy atom. The molecule has 1 aliphatic carbocycles. The Morgan fingerprint density at radius 1 is 1.15 bits per heavy atom. The molecule has 0 aliphatic heterocycles. The average Bonchev–Trinajstić information content (AvgIpc) is 2.41. The van der Waals surface area contributed by atoms with E-state index in [9.17, 15) is 13.9 Å². The van der Waals surface area contributed by atoms with E-state index in [0.29, 0.717) is 12.8 Å². The van der Waals surface area contributed by atoms with E-state index in [-0.39, 0.29) is 11.0 Å². The predicted molar refractivity (Wildman–Crippen MR) is 73.3 cm³/mol. The molecule has 2 nitrogen and oxygen atoms in total. The number of aliphatic hydroxyl groups is 1. The summed E-state index contributed by atoms with van der Waals surface area (Å²) in [5, 5.41) is 10.5. The van der Waals surface area contributed by atoms with Gasteiger partial charge < -0.3 is 9.84 Å². The topological polar surface area (TPSA) is 29.5 Å². The van der Waals surface area contributed by atoms with Crippen LogP contribution in [0.5, 0.6) is 0 Å². The van der Waals surface area contributed by atoms with Crippen LogP contribution in [0.4, 0.5) is 8.78 Å². The minimum Gasteiger partial charge on any atom is -0.385 e. The zero-order valence-electron chi connectivity index (χ0n) is 12.2. The van der Waals surface area contributed by atoms with Crippen LogP contribution in [0.2, 0.25) is 0 Å². The van der Waals surface area contributed by atoms with Crippen LogP contribution in [0, 0.1) is 17.0 Å². The molecule has 1 atom stereocenters. The van der Waals surface area contributed by atoms with Crippen molar-refractivity contribution < 1.29 is 18.6 Å². The van der Waals surface area contributed by atoms with E-state index in [1.54, 1.807) is 0 Å². The minimum atomic E-state index is -1.15. The summed E-state index contributed by atoms with van der Waals surface area (Å²) in [5.74, 6) is -1.15.